The van der Waals surface area contributed by atoms with Gasteiger partial charge in [-0.3, -0.25) is 0 Å². The third kappa shape index (κ3) is 6.53. The monoisotopic (exact) mass is 268 g/mol. The normalized spacial score (nSPS) is 10.7. The zero-order chi connectivity index (χ0) is 13.9. The molecular weight excluding hydrogens is 243 g/mol. The molecule has 0 saturated carbocycles. The van der Waals surface area contributed by atoms with Gasteiger partial charge in [0.2, 0.25) is 5.88 Å². The molecule has 1 N–H and O–H groups in total. The number of nitrogens with zero attached hydrogens (tertiary/aromatic N) is 1. The van der Waals surface area contributed by atoms with E-state index < -0.39 is 0 Å². The minimum atomic E-state index is -0.322. The molecule has 0 aliphatic rings. The van der Waals surface area contributed by atoms with Crippen LogP contribution in [0.4, 0.5) is 4.39 Å². The first kappa shape index (κ1) is 15.9. The summed E-state index contributed by atoms with van der Waals surface area (Å²) in [6, 6.07) is 1.47. The Hall–Kier alpha value is -1.16. The van der Waals surface area contributed by atoms with E-state index in [0.29, 0.717) is 19.0 Å². The van der Waals surface area contributed by atoms with Gasteiger partial charge in [0.25, 0.3) is 0 Å². The van der Waals surface area contributed by atoms with E-state index in [2.05, 4.69) is 17.2 Å². The second-order valence-electron chi connectivity index (χ2n) is 4.76. The molecule has 1 heterocycles. The van der Waals surface area contributed by atoms with Crippen LogP contribution in [0.25, 0.3) is 0 Å². The Morgan fingerprint density at radius 3 is 2.68 bits per heavy atom. The van der Waals surface area contributed by atoms with E-state index in [1.807, 2.05) is 7.05 Å². The molecule has 3 nitrogen and oxygen atoms in total. The summed E-state index contributed by atoms with van der Waals surface area (Å²) in [4.78, 5) is 4.01. The van der Waals surface area contributed by atoms with E-state index in [-0.39, 0.29) is 5.82 Å². The van der Waals surface area contributed by atoms with Crippen LogP contribution in [0.2, 0.25) is 0 Å². The molecule has 1 aromatic heterocycles. The van der Waals surface area contributed by atoms with Crippen LogP contribution in [0, 0.1) is 5.82 Å². The second kappa shape index (κ2) is 9.73. The smallest absolute Gasteiger partial charge is 0.218 e. The average Bonchev–Trinajstić information content (AvgIpc) is 2.40. The second-order valence-corrected chi connectivity index (χ2v) is 4.76. The first-order chi connectivity index (χ1) is 9.27. The summed E-state index contributed by atoms with van der Waals surface area (Å²) in [5, 5.41) is 2.99. The topological polar surface area (TPSA) is 34.1 Å². The predicted octanol–water partition coefficient (Wildman–Crippen LogP) is 3.68. The molecule has 0 radical (unpaired) electrons. The van der Waals surface area contributed by atoms with Gasteiger partial charge in [0.15, 0.2) is 0 Å². The Bertz CT molecular complexity index is 358. The lowest BCUT2D eigenvalue weighted by Gasteiger charge is -2.10. The molecule has 0 aliphatic heterocycles. The minimum Gasteiger partial charge on any atom is -0.477 e. The van der Waals surface area contributed by atoms with Crippen LogP contribution in [0.1, 0.15) is 51.0 Å². The molecule has 0 unspecified atom stereocenters. The summed E-state index contributed by atoms with van der Waals surface area (Å²) in [6.07, 6.45) is 8.56. The summed E-state index contributed by atoms with van der Waals surface area (Å²) in [7, 11) is 1.82. The van der Waals surface area contributed by atoms with Crippen LogP contribution in [0.15, 0.2) is 12.3 Å². The van der Waals surface area contributed by atoms with Crippen LogP contribution in [0.3, 0.4) is 0 Å². The van der Waals surface area contributed by atoms with Gasteiger partial charge in [0.1, 0.15) is 5.82 Å². The molecule has 0 spiro atoms. The number of rotatable bonds is 10. The van der Waals surface area contributed by atoms with Crippen molar-refractivity contribution in [3.8, 4) is 5.88 Å². The minimum absolute atomic E-state index is 0.322. The molecule has 108 valence electrons. The van der Waals surface area contributed by atoms with Crippen LogP contribution in [-0.2, 0) is 6.54 Å². The molecule has 0 aromatic carbocycles. The fourth-order valence-electron chi connectivity index (χ4n) is 1.97. The van der Waals surface area contributed by atoms with Gasteiger partial charge in [-0.15, -0.1) is 0 Å². The number of hydrogen-bond donors (Lipinski definition) is 1. The zero-order valence-corrected chi connectivity index (χ0v) is 12.0. The van der Waals surface area contributed by atoms with Gasteiger partial charge < -0.3 is 10.1 Å². The number of hydrogen-bond acceptors (Lipinski definition) is 3. The lowest BCUT2D eigenvalue weighted by Crippen LogP contribution is -2.09. The number of unbranched alkanes of at least 4 members (excludes halogenated alkanes) is 5. The molecule has 19 heavy (non-hydrogen) atoms. The van der Waals surface area contributed by atoms with Crippen molar-refractivity contribution in [1.82, 2.24) is 10.3 Å². The number of halogens is 1. The number of pyridine rings is 1. The van der Waals surface area contributed by atoms with Crippen LogP contribution in [0.5, 0.6) is 5.88 Å². The molecule has 1 rings (SSSR count). The first-order valence-corrected chi connectivity index (χ1v) is 7.19. The fraction of sp³-hybridized carbons (Fsp3) is 0.667. The summed E-state index contributed by atoms with van der Waals surface area (Å²) in [5.74, 6) is 0.224. The lowest BCUT2D eigenvalue weighted by atomic mass is 10.1. The largest absolute Gasteiger partial charge is 0.477 e. The van der Waals surface area contributed by atoms with E-state index in [1.165, 1.54) is 44.4 Å². The van der Waals surface area contributed by atoms with Gasteiger partial charge in [0.05, 0.1) is 12.8 Å². The Labute approximate surface area is 115 Å². The Balaban J connectivity index is 2.28. The molecule has 0 fully saturated rings. The summed E-state index contributed by atoms with van der Waals surface area (Å²) in [5.41, 5.74) is 0.772. The van der Waals surface area contributed by atoms with Crippen molar-refractivity contribution in [3.05, 3.63) is 23.6 Å². The van der Waals surface area contributed by atoms with Gasteiger partial charge in [-0.25, -0.2) is 9.37 Å². The van der Waals surface area contributed by atoms with Crippen LogP contribution < -0.4 is 10.1 Å². The van der Waals surface area contributed by atoms with Gasteiger partial charge in [-0.1, -0.05) is 39.0 Å². The maximum atomic E-state index is 13.1. The van der Waals surface area contributed by atoms with Crippen molar-refractivity contribution >= 4 is 0 Å². The lowest BCUT2D eigenvalue weighted by molar-refractivity contribution is 0.288. The van der Waals surface area contributed by atoms with Gasteiger partial charge in [-0.2, -0.15) is 0 Å². The molecule has 1 aromatic rings. The third-order valence-electron chi connectivity index (χ3n) is 3.00. The highest BCUT2D eigenvalue weighted by Crippen LogP contribution is 2.16. The van der Waals surface area contributed by atoms with Crippen molar-refractivity contribution in [3.63, 3.8) is 0 Å². The maximum absolute atomic E-state index is 13.1. The maximum Gasteiger partial charge on any atom is 0.218 e. The van der Waals surface area contributed by atoms with Crippen molar-refractivity contribution in [2.24, 2.45) is 0 Å². The molecule has 0 bridgehead atoms. The zero-order valence-electron chi connectivity index (χ0n) is 12.0. The highest BCUT2D eigenvalue weighted by atomic mass is 19.1. The Morgan fingerprint density at radius 1 is 1.21 bits per heavy atom. The van der Waals surface area contributed by atoms with Gasteiger partial charge in [0, 0.05) is 12.1 Å². The third-order valence-corrected chi connectivity index (χ3v) is 3.00. The van der Waals surface area contributed by atoms with E-state index in [9.17, 15) is 4.39 Å². The summed E-state index contributed by atoms with van der Waals surface area (Å²) < 4.78 is 18.7. The molecular formula is C15H25FN2O. The SMILES string of the molecule is CCCCCCCCOc1ncc(F)cc1CNC. The van der Waals surface area contributed by atoms with Crippen molar-refractivity contribution in [2.45, 2.75) is 52.0 Å². The van der Waals surface area contributed by atoms with Crippen molar-refractivity contribution in [2.75, 3.05) is 13.7 Å². The summed E-state index contributed by atoms with van der Waals surface area (Å²) >= 11 is 0. The fourth-order valence-corrected chi connectivity index (χ4v) is 1.97. The Kier molecular flexibility index (Phi) is 8.14. The van der Waals surface area contributed by atoms with E-state index >= 15 is 0 Å². The van der Waals surface area contributed by atoms with E-state index in [1.54, 1.807) is 0 Å². The number of ether oxygens (including phenoxy) is 1. The number of aromatic nitrogens is 1. The van der Waals surface area contributed by atoms with Crippen molar-refractivity contribution in [1.29, 1.82) is 0 Å². The standard InChI is InChI=1S/C15H25FN2O/c1-3-4-5-6-7-8-9-19-15-13(11-17-2)10-14(16)12-18-15/h10,12,17H,3-9,11H2,1-2H3. The van der Waals surface area contributed by atoms with Crippen LogP contribution >= 0.6 is 0 Å². The number of nitrogens with one attached hydrogen (secondary N) is 1. The highest BCUT2D eigenvalue weighted by molar-refractivity contribution is 5.25. The molecule has 0 saturated heterocycles. The van der Waals surface area contributed by atoms with Gasteiger partial charge in [-0.05, 0) is 19.5 Å². The first-order valence-electron chi connectivity index (χ1n) is 7.19. The van der Waals surface area contributed by atoms with E-state index in [4.69, 9.17) is 4.74 Å². The predicted molar refractivity (Wildman–Crippen MR) is 75.8 cm³/mol. The molecule has 0 aliphatic carbocycles. The highest BCUT2D eigenvalue weighted by Gasteiger charge is 2.06. The van der Waals surface area contributed by atoms with Crippen molar-refractivity contribution < 1.29 is 9.13 Å². The van der Waals surface area contributed by atoms with Crippen LogP contribution in [-0.4, -0.2) is 18.6 Å². The Morgan fingerprint density at radius 2 is 1.95 bits per heavy atom. The van der Waals surface area contributed by atoms with Gasteiger partial charge >= 0.3 is 0 Å². The van der Waals surface area contributed by atoms with E-state index in [0.717, 1.165) is 12.0 Å². The molecule has 0 amide bonds. The molecule has 4 heteroatoms. The summed E-state index contributed by atoms with van der Waals surface area (Å²) in [6.45, 7) is 3.44. The molecule has 0 atom stereocenters. The average molecular weight is 268 g/mol. The quantitative estimate of drug-likeness (QED) is 0.657.